The third-order valence-corrected chi connectivity index (χ3v) is 31.0. The van der Waals surface area contributed by atoms with Crippen molar-refractivity contribution in [3.8, 4) is 46.0 Å². The molecule has 120 heavy (non-hydrogen) atoms. The number of hydrogen-bond donors (Lipinski definition) is 8. The predicted molar refractivity (Wildman–Crippen MR) is 532 cm³/mol. The van der Waals surface area contributed by atoms with E-state index in [4.69, 9.17) is 0 Å². The lowest BCUT2D eigenvalue weighted by Gasteiger charge is -2.29. The van der Waals surface area contributed by atoms with Gasteiger partial charge in [-0.1, -0.05) is 387 Å². The van der Waals surface area contributed by atoms with Gasteiger partial charge in [-0.05, 0) is 147 Å². The third kappa shape index (κ3) is 47.5. The fourth-order valence-electron chi connectivity index (χ4n) is 18.8. The molecule has 0 aromatic heterocycles. The summed E-state index contributed by atoms with van der Waals surface area (Å²) in [4.78, 5) is 0. The van der Waals surface area contributed by atoms with Gasteiger partial charge in [0.05, 0.1) is 0 Å². The van der Waals surface area contributed by atoms with E-state index in [1.54, 1.807) is 0 Å². The zero-order valence-corrected chi connectivity index (χ0v) is 81.1. The third-order valence-electron chi connectivity index (χ3n) is 26.4. The number of hydrogen-bond acceptors (Lipinski definition) is 12. The molecule has 0 aliphatic heterocycles. The van der Waals surface area contributed by atoms with Gasteiger partial charge in [-0.15, -0.1) is 0 Å². The molecule has 0 radical (unpaired) electrons. The Balaban J connectivity index is 1.40. The first-order valence-corrected chi connectivity index (χ1v) is 56.1. The quantitative estimate of drug-likeness (QED) is 0.0198. The minimum atomic E-state index is -0.557. The minimum absolute atomic E-state index is 0.0760. The molecule has 0 amide bonds. The van der Waals surface area contributed by atoms with Gasteiger partial charge >= 0.3 is 0 Å². The molecule has 8 bridgehead atoms. The molecule has 0 atom stereocenters. The van der Waals surface area contributed by atoms with Crippen molar-refractivity contribution in [2.24, 2.45) is 0 Å². The molecule has 0 heterocycles. The highest BCUT2D eigenvalue weighted by atomic mass is 32.2. The number of thioether (sulfide) groups is 4. The summed E-state index contributed by atoms with van der Waals surface area (Å²) in [6, 6.07) is 13.6. The van der Waals surface area contributed by atoms with E-state index < -0.39 is 23.7 Å². The fraction of sp³-hybridized carbons (Fsp3) is 0.778. The lowest BCUT2D eigenvalue weighted by molar-refractivity contribution is 0.418. The summed E-state index contributed by atoms with van der Waals surface area (Å²) in [5, 5.41) is 99.9. The van der Waals surface area contributed by atoms with E-state index in [1.165, 1.54) is 378 Å². The van der Waals surface area contributed by atoms with E-state index in [1.807, 2.05) is 24.3 Å². The first-order chi connectivity index (χ1) is 58.9. The van der Waals surface area contributed by atoms with Crippen molar-refractivity contribution in [2.75, 3.05) is 46.0 Å². The van der Waals surface area contributed by atoms with Crippen LogP contribution >= 0.6 is 47.0 Å². The van der Waals surface area contributed by atoms with Crippen molar-refractivity contribution in [3.63, 3.8) is 0 Å². The smallest absolute Gasteiger partial charge is 0.123 e. The van der Waals surface area contributed by atoms with Crippen LogP contribution in [0.4, 0.5) is 0 Å². The van der Waals surface area contributed by atoms with Gasteiger partial charge in [-0.2, -0.15) is 47.0 Å². The van der Waals surface area contributed by atoms with E-state index in [0.717, 1.165) is 103 Å². The average molecular weight is 1740 g/mol. The van der Waals surface area contributed by atoms with Crippen LogP contribution in [0.5, 0.6) is 46.0 Å². The maximum absolute atomic E-state index is 12.5. The molecule has 12 heteroatoms. The van der Waals surface area contributed by atoms with Gasteiger partial charge in [-0.3, -0.25) is 0 Å². The van der Waals surface area contributed by atoms with Gasteiger partial charge in [0.1, 0.15) is 46.0 Å². The van der Waals surface area contributed by atoms with E-state index in [2.05, 4.69) is 74.7 Å². The number of fused-ring (bicyclic) bond motifs is 8. The van der Waals surface area contributed by atoms with Crippen LogP contribution in [-0.4, -0.2) is 86.9 Å². The number of rotatable bonds is 80. The van der Waals surface area contributed by atoms with Gasteiger partial charge in [0, 0.05) is 92.4 Å². The van der Waals surface area contributed by atoms with Crippen LogP contribution < -0.4 is 0 Å². The van der Waals surface area contributed by atoms with Gasteiger partial charge < -0.3 is 40.9 Å². The second-order valence-corrected chi connectivity index (χ2v) is 41.8. The van der Waals surface area contributed by atoms with Crippen LogP contribution in [0.1, 0.15) is 532 Å². The van der Waals surface area contributed by atoms with Crippen molar-refractivity contribution in [2.45, 2.75) is 488 Å². The van der Waals surface area contributed by atoms with E-state index in [-0.39, 0.29) is 46.0 Å². The second kappa shape index (κ2) is 72.7. The standard InChI is InChI=1S/C108H184O8S4/c1-5-9-13-17-21-37-49-61-73-117-77-65-53-41-29-25-33-45-57-69-89-93-81-95(103(111)85-101(93)109)90(70-58-46-34-26-30-42-54-66-78-118-74-62-50-38-22-18-14-10-6-2)97-83-99(107(115)87-105(97)113)92(72-60-48-36-28-32-44-56-68-80-120-76-64-52-40-24-20-16-12-8-4)100-84-98(106(114)88-108(100)116)91(96-82-94(89)102(110)86-104(96)112)71-59-47-35-27-31-43-55-67-79-119-75-63-51-39-23-19-15-11-7-3/h81-92,109-116H,5-80H2,1-4H3. The van der Waals surface area contributed by atoms with Crippen LogP contribution in [-0.2, 0) is 0 Å². The molecule has 4 aromatic carbocycles. The van der Waals surface area contributed by atoms with Crippen molar-refractivity contribution >= 4 is 47.0 Å². The topological polar surface area (TPSA) is 162 Å². The van der Waals surface area contributed by atoms with Crippen LogP contribution in [0.2, 0.25) is 0 Å². The van der Waals surface area contributed by atoms with Gasteiger partial charge in [0.15, 0.2) is 0 Å². The maximum atomic E-state index is 12.5. The van der Waals surface area contributed by atoms with E-state index >= 15 is 0 Å². The predicted octanol–water partition coefficient (Wildman–Crippen LogP) is 35.7. The SMILES string of the molecule is CCCCCCCCCCSCCCCCCCCCCC1c2cc(c(O)cc2O)C(CCCCCCCCCCSCCCCCCCCCC)c2cc(c(O)cc2O)C(CCCCCCCCCCSCCCCCCCCCC)c2cc(c(O)cc2O)C(CCCCCCCCCCSCCCCCCCCCC)c2cc1c(O)cc2O. The van der Waals surface area contributed by atoms with E-state index in [0.29, 0.717) is 70.2 Å². The summed E-state index contributed by atoms with van der Waals surface area (Å²) >= 11 is 8.54. The number of benzene rings is 4. The van der Waals surface area contributed by atoms with Gasteiger partial charge in [-0.25, -0.2) is 0 Å². The monoisotopic (exact) mass is 1740 g/mol. The Kier molecular flexibility index (Phi) is 64.9. The molecule has 8 N–H and O–H groups in total. The molecule has 688 valence electrons. The molecule has 4 aromatic rings. The van der Waals surface area contributed by atoms with Gasteiger partial charge in [0.25, 0.3) is 0 Å². The molecular weight excluding hydrogens is 1550 g/mol. The highest BCUT2D eigenvalue weighted by molar-refractivity contribution is 7.99. The fourth-order valence-corrected chi connectivity index (χ4v) is 22.9. The normalized spacial score (nSPS) is 14.8. The highest BCUT2D eigenvalue weighted by Gasteiger charge is 2.34. The minimum Gasteiger partial charge on any atom is -0.508 e. The van der Waals surface area contributed by atoms with Crippen molar-refractivity contribution < 1.29 is 40.9 Å². The lowest BCUT2D eigenvalue weighted by Crippen LogP contribution is -2.11. The van der Waals surface area contributed by atoms with E-state index in [9.17, 15) is 40.9 Å². The molecule has 0 fully saturated rings. The Morgan fingerprint density at radius 2 is 0.258 bits per heavy atom. The van der Waals surface area contributed by atoms with Crippen LogP contribution in [0.3, 0.4) is 0 Å². The lowest BCUT2D eigenvalue weighted by atomic mass is 9.76. The Hall–Kier alpha value is -3.32. The number of phenols is 8. The molecular formula is C108H184O8S4. The number of unbranched alkanes of at least 4 members (excludes halogenated alkanes) is 56. The molecule has 0 saturated heterocycles. The molecule has 0 unspecified atom stereocenters. The van der Waals surface area contributed by atoms with Crippen LogP contribution in [0, 0.1) is 0 Å². The average Bonchev–Trinajstić information content (AvgIpc) is 0.758. The molecule has 1 aliphatic rings. The summed E-state index contributed by atoms with van der Waals surface area (Å²) in [6.07, 6.45) is 82.2. The zero-order chi connectivity index (χ0) is 85.8. The Bertz CT molecular complexity index is 2590. The summed E-state index contributed by atoms with van der Waals surface area (Å²) in [7, 11) is 0. The van der Waals surface area contributed by atoms with Crippen molar-refractivity contribution in [1.29, 1.82) is 0 Å². The van der Waals surface area contributed by atoms with Gasteiger partial charge in [0.2, 0.25) is 0 Å². The van der Waals surface area contributed by atoms with Crippen molar-refractivity contribution in [1.82, 2.24) is 0 Å². The molecule has 1 aliphatic carbocycles. The number of phenolic OH excluding ortho intramolecular Hbond substituents is 8. The van der Waals surface area contributed by atoms with Crippen molar-refractivity contribution in [3.05, 3.63) is 93.0 Å². The Labute approximate surface area is 755 Å². The van der Waals surface area contributed by atoms with Crippen LogP contribution in [0.15, 0.2) is 48.5 Å². The number of aromatic hydroxyl groups is 8. The second-order valence-electron chi connectivity index (χ2n) is 36.9. The maximum Gasteiger partial charge on any atom is 0.123 e. The largest absolute Gasteiger partial charge is 0.508 e. The highest BCUT2D eigenvalue weighted by Crippen LogP contribution is 2.53. The Morgan fingerprint density at radius 1 is 0.150 bits per heavy atom. The molecule has 8 nitrogen and oxygen atoms in total. The summed E-state index contributed by atoms with van der Waals surface area (Å²) in [5.41, 5.74) is 4.57. The summed E-state index contributed by atoms with van der Waals surface area (Å²) in [6.45, 7) is 9.15. The Morgan fingerprint density at radius 3 is 0.383 bits per heavy atom. The molecule has 0 saturated carbocycles. The first-order valence-electron chi connectivity index (χ1n) is 51.5. The zero-order valence-electron chi connectivity index (χ0n) is 77.9. The summed E-state index contributed by atoms with van der Waals surface area (Å²) < 4.78 is 0. The first kappa shape index (κ1) is 107. The summed E-state index contributed by atoms with van der Waals surface area (Å²) in [5.74, 6) is 7.32. The molecule has 5 rings (SSSR count). The molecule has 0 spiro atoms. The van der Waals surface area contributed by atoms with Crippen LogP contribution in [0.25, 0.3) is 0 Å².